The Bertz CT molecular complexity index is 284. The zero-order valence-electron chi connectivity index (χ0n) is 6.91. The van der Waals surface area contributed by atoms with E-state index in [1.54, 1.807) is 24.3 Å². The fourth-order valence-corrected chi connectivity index (χ4v) is 0.973. The quantitative estimate of drug-likeness (QED) is 0.540. The number of hydrogen-bond acceptors (Lipinski definition) is 3. The molecule has 2 N–H and O–H groups in total. The van der Waals surface area contributed by atoms with Gasteiger partial charge in [-0.05, 0) is 19.1 Å². The molecule has 0 fully saturated rings. The molecule has 1 aromatic rings. The van der Waals surface area contributed by atoms with Gasteiger partial charge >= 0.3 is 0 Å². The molecule has 1 aromatic carbocycles. The van der Waals surface area contributed by atoms with Crippen LogP contribution in [0.3, 0.4) is 0 Å². The van der Waals surface area contributed by atoms with E-state index in [1.807, 2.05) is 0 Å². The Balaban J connectivity index is 3.00. The van der Waals surface area contributed by atoms with Crippen molar-refractivity contribution in [3.05, 3.63) is 29.8 Å². The van der Waals surface area contributed by atoms with Crippen LogP contribution in [0.4, 0.5) is 0 Å². The van der Waals surface area contributed by atoms with E-state index in [2.05, 4.69) is 0 Å². The first kappa shape index (κ1) is 8.74. The maximum Gasteiger partial charge on any atom is 0.163 e. The third kappa shape index (κ3) is 1.83. The van der Waals surface area contributed by atoms with Crippen molar-refractivity contribution in [3.8, 4) is 5.75 Å². The van der Waals surface area contributed by atoms with Gasteiger partial charge in [-0.1, -0.05) is 12.1 Å². The molecule has 0 unspecified atom stereocenters. The van der Waals surface area contributed by atoms with Gasteiger partial charge in [-0.2, -0.15) is 0 Å². The average molecular weight is 165 g/mol. The second kappa shape index (κ2) is 3.88. The second-order valence-electron chi connectivity index (χ2n) is 2.36. The van der Waals surface area contributed by atoms with Crippen molar-refractivity contribution < 1.29 is 9.53 Å². The summed E-state index contributed by atoms with van der Waals surface area (Å²) >= 11 is 0. The van der Waals surface area contributed by atoms with Gasteiger partial charge in [0, 0.05) is 0 Å². The molecule has 0 bridgehead atoms. The van der Waals surface area contributed by atoms with Crippen molar-refractivity contribution in [2.75, 3.05) is 6.73 Å². The summed E-state index contributed by atoms with van der Waals surface area (Å²) in [5.74, 6) is 0.534. The van der Waals surface area contributed by atoms with Gasteiger partial charge in [-0.15, -0.1) is 0 Å². The van der Waals surface area contributed by atoms with Gasteiger partial charge in [0.25, 0.3) is 0 Å². The number of ether oxygens (including phenoxy) is 1. The maximum absolute atomic E-state index is 11.0. The van der Waals surface area contributed by atoms with Gasteiger partial charge < -0.3 is 4.74 Å². The highest BCUT2D eigenvalue weighted by atomic mass is 16.5. The first-order valence-electron chi connectivity index (χ1n) is 3.68. The maximum atomic E-state index is 11.0. The van der Waals surface area contributed by atoms with E-state index in [4.69, 9.17) is 10.5 Å². The van der Waals surface area contributed by atoms with Crippen LogP contribution < -0.4 is 10.5 Å². The van der Waals surface area contributed by atoms with Crippen molar-refractivity contribution in [3.63, 3.8) is 0 Å². The Morgan fingerprint density at radius 2 is 2.17 bits per heavy atom. The molecule has 64 valence electrons. The summed E-state index contributed by atoms with van der Waals surface area (Å²) in [6, 6.07) is 7.04. The summed E-state index contributed by atoms with van der Waals surface area (Å²) in [5.41, 5.74) is 5.77. The van der Waals surface area contributed by atoms with Gasteiger partial charge in [-0.25, -0.2) is 0 Å². The van der Waals surface area contributed by atoms with Crippen LogP contribution in [-0.2, 0) is 0 Å². The van der Waals surface area contributed by atoms with Gasteiger partial charge in [-0.3, -0.25) is 10.5 Å². The van der Waals surface area contributed by atoms with Crippen LogP contribution in [0, 0.1) is 0 Å². The van der Waals surface area contributed by atoms with Crippen LogP contribution in [0.2, 0.25) is 0 Å². The summed E-state index contributed by atoms with van der Waals surface area (Å²) in [4.78, 5) is 11.0. The summed E-state index contributed by atoms with van der Waals surface area (Å²) in [6.07, 6.45) is 0. The van der Waals surface area contributed by atoms with Crippen molar-refractivity contribution in [2.45, 2.75) is 6.92 Å². The molecular weight excluding hydrogens is 154 g/mol. The third-order valence-corrected chi connectivity index (χ3v) is 1.51. The van der Waals surface area contributed by atoms with Crippen LogP contribution in [0.5, 0.6) is 5.75 Å². The average Bonchev–Trinajstić information content (AvgIpc) is 2.05. The van der Waals surface area contributed by atoms with Crippen molar-refractivity contribution in [1.29, 1.82) is 0 Å². The molecule has 0 atom stereocenters. The normalized spacial score (nSPS) is 9.50. The number of rotatable bonds is 3. The molecule has 0 aromatic heterocycles. The zero-order chi connectivity index (χ0) is 8.97. The molecule has 0 aliphatic rings. The fraction of sp³-hybridized carbons (Fsp3) is 0.222. The molecule has 0 radical (unpaired) electrons. The Kier molecular flexibility index (Phi) is 2.82. The van der Waals surface area contributed by atoms with Crippen LogP contribution >= 0.6 is 0 Å². The van der Waals surface area contributed by atoms with E-state index >= 15 is 0 Å². The van der Waals surface area contributed by atoms with Gasteiger partial charge in [0.15, 0.2) is 5.78 Å². The lowest BCUT2D eigenvalue weighted by molar-refractivity contribution is 0.101. The van der Waals surface area contributed by atoms with Crippen molar-refractivity contribution in [2.24, 2.45) is 5.73 Å². The molecule has 0 heterocycles. The van der Waals surface area contributed by atoms with E-state index in [-0.39, 0.29) is 12.5 Å². The lowest BCUT2D eigenvalue weighted by atomic mass is 10.1. The molecule has 12 heavy (non-hydrogen) atoms. The number of carbonyl (C=O) groups excluding carboxylic acids is 1. The van der Waals surface area contributed by atoms with Gasteiger partial charge in [0.2, 0.25) is 0 Å². The summed E-state index contributed by atoms with van der Waals surface area (Å²) in [7, 11) is 0. The predicted molar refractivity (Wildman–Crippen MR) is 46.1 cm³/mol. The van der Waals surface area contributed by atoms with E-state index in [9.17, 15) is 4.79 Å². The highest BCUT2D eigenvalue weighted by Crippen LogP contribution is 2.17. The Labute approximate surface area is 71.1 Å². The zero-order valence-corrected chi connectivity index (χ0v) is 6.91. The Hall–Kier alpha value is -1.35. The number of ketones is 1. The third-order valence-electron chi connectivity index (χ3n) is 1.51. The van der Waals surface area contributed by atoms with E-state index < -0.39 is 0 Å². The standard InChI is InChI=1S/C9H11NO2/c1-7(11)8-4-2-3-5-9(8)12-6-10/h2-5H,6,10H2,1H3. The smallest absolute Gasteiger partial charge is 0.163 e. The Morgan fingerprint density at radius 3 is 2.75 bits per heavy atom. The minimum atomic E-state index is -0.0148. The molecule has 0 aliphatic heterocycles. The highest BCUT2D eigenvalue weighted by Gasteiger charge is 2.05. The second-order valence-corrected chi connectivity index (χ2v) is 2.36. The topological polar surface area (TPSA) is 52.3 Å². The van der Waals surface area contributed by atoms with E-state index in [0.717, 1.165) is 0 Å². The number of carbonyl (C=O) groups is 1. The molecule has 0 saturated carbocycles. The lowest BCUT2D eigenvalue weighted by Gasteiger charge is -2.05. The number of hydrogen-bond donors (Lipinski definition) is 1. The molecule has 0 amide bonds. The monoisotopic (exact) mass is 165 g/mol. The molecule has 0 aliphatic carbocycles. The van der Waals surface area contributed by atoms with Crippen LogP contribution in [0.25, 0.3) is 0 Å². The number of para-hydroxylation sites is 1. The van der Waals surface area contributed by atoms with E-state index in [1.165, 1.54) is 6.92 Å². The van der Waals surface area contributed by atoms with Crippen LogP contribution in [-0.4, -0.2) is 12.5 Å². The SMILES string of the molecule is CC(=O)c1ccccc1OCN. The first-order valence-corrected chi connectivity index (χ1v) is 3.68. The summed E-state index contributed by atoms with van der Waals surface area (Å²) in [5, 5.41) is 0. The Morgan fingerprint density at radius 1 is 1.50 bits per heavy atom. The molecule has 0 saturated heterocycles. The van der Waals surface area contributed by atoms with Crippen molar-refractivity contribution in [1.82, 2.24) is 0 Å². The summed E-state index contributed by atoms with van der Waals surface area (Å²) in [6.45, 7) is 1.59. The molecule has 3 heteroatoms. The molecular formula is C9H11NO2. The number of benzene rings is 1. The molecule has 3 nitrogen and oxygen atoms in total. The van der Waals surface area contributed by atoms with E-state index in [0.29, 0.717) is 11.3 Å². The highest BCUT2D eigenvalue weighted by molar-refractivity contribution is 5.96. The minimum absolute atomic E-state index is 0.0148. The fourth-order valence-electron chi connectivity index (χ4n) is 0.973. The molecule has 1 rings (SSSR count). The lowest BCUT2D eigenvalue weighted by Crippen LogP contribution is -2.09. The van der Waals surface area contributed by atoms with Crippen LogP contribution in [0.15, 0.2) is 24.3 Å². The number of nitrogens with two attached hydrogens (primary N) is 1. The predicted octanol–water partition coefficient (Wildman–Crippen LogP) is 1.18. The van der Waals surface area contributed by atoms with Gasteiger partial charge in [0.1, 0.15) is 12.5 Å². The minimum Gasteiger partial charge on any atom is -0.478 e. The first-order chi connectivity index (χ1) is 5.75. The summed E-state index contributed by atoms with van der Waals surface area (Å²) < 4.78 is 5.06. The largest absolute Gasteiger partial charge is 0.478 e. The van der Waals surface area contributed by atoms with Gasteiger partial charge in [0.05, 0.1) is 5.56 Å². The molecule has 0 spiro atoms. The van der Waals surface area contributed by atoms with Crippen LogP contribution in [0.1, 0.15) is 17.3 Å². The number of Topliss-reactive ketones (excluding diaryl/α,β-unsaturated/α-hetero) is 1. The van der Waals surface area contributed by atoms with Crippen molar-refractivity contribution >= 4 is 5.78 Å².